The van der Waals surface area contributed by atoms with Gasteiger partial charge in [-0.2, -0.15) is 0 Å². The van der Waals surface area contributed by atoms with Gasteiger partial charge in [0.25, 0.3) is 0 Å². The van der Waals surface area contributed by atoms with Crippen LogP contribution in [0.3, 0.4) is 0 Å². The Bertz CT molecular complexity index is 2520. The summed E-state index contributed by atoms with van der Waals surface area (Å²) in [7, 11) is 0. The van der Waals surface area contributed by atoms with Gasteiger partial charge >= 0.3 is 0 Å². The maximum absolute atomic E-state index is 13.6. The fourth-order valence-corrected chi connectivity index (χ4v) is 11.8. The summed E-state index contributed by atoms with van der Waals surface area (Å²) in [6.07, 6.45) is 7.92. The molecule has 0 N–H and O–H groups in total. The summed E-state index contributed by atoms with van der Waals surface area (Å²) in [5.41, 5.74) is 5.85. The molecule has 0 bridgehead atoms. The molecule has 0 unspecified atom stereocenters. The minimum atomic E-state index is -0.421. The first kappa shape index (κ1) is 29.6. The molecule has 240 valence electrons. The number of Topliss-reactive ketones (excluding diaryl/α,β-unsaturated/α-hetero) is 4. The summed E-state index contributed by atoms with van der Waals surface area (Å²) >= 11 is 3.48. The third-order valence-electron chi connectivity index (χ3n) is 11.2. The Labute approximate surface area is 295 Å². The molecule has 4 aliphatic rings. The van der Waals surface area contributed by atoms with E-state index in [4.69, 9.17) is 0 Å². The number of rotatable bonds is 2. The van der Waals surface area contributed by atoms with Gasteiger partial charge in [0, 0.05) is 42.8 Å². The zero-order chi connectivity index (χ0) is 34.4. The third kappa shape index (κ3) is 3.75. The second-order valence-corrected chi connectivity index (χ2v) is 16.8. The smallest absolute Gasteiger partial charge is 0.197 e. The normalized spacial score (nSPS) is 18.2. The van der Waals surface area contributed by atoms with Crippen molar-refractivity contribution in [1.29, 1.82) is 0 Å². The number of allylic oxidation sites excluding steroid dienone is 6. The Morgan fingerprint density at radius 2 is 0.780 bits per heavy atom. The molecule has 6 heteroatoms. The van der Waals surface area contributed by atoms with Crippen molar-refractivity contribution in [3.05, 3.63) is 150 Å². The van der Waals surface area contributed by atoms with E-state index in [0.717, 1.165) is 42.4 Å². The van der Waals surface area contributed by atoms with Crippen LogP contribution in [0.25, 0.3) is 43.1 Å². The molecule has 0 aliphatic heterocycles. The summed E-state index contributed by atoms with van der Waals surface area (Å²) in [5.74, 6) is -0.863. The summed E-state index contributed by atoms with van der Waals surface area (Å²) in [4.78, 5) is 56.6. The Balaban J connectivity index is 1.01. The van der Waals surface area contributed by atoms with Gasteiger partial charge in [-0.25, -0.2) is 0 Å². The van der Waals surface area contributed by atoms with E-state index in [0.29, 0.717) is 22.3 Å². The van der Waals surface area contributed by atoms with Gasteiger partial charge in [0.05, 0.1) is 20.5 Å². The first-order chi connectivity index (χ1) is 23.9. The van der Waals surface area contributed by atoms with Crippen molar-refractivity contribution in [2.75, 3.05) is 0 Å². The van der Waals surface area contributed by atoms with E-state index in [1.165, 1.54) is 20.5 Å². The lowest BCUT2D eigenvalue weighted by atomic mass is 9.79. The predicted molar refractivity (Wildman–Crippen MR) is 203 cm³/mol. The third-order valence-corrected chi connectivity index (χ3v) is 13.6. The van der Waals surface area contributed by atoms with Crippen molar-refractivity contribution in [3.8, 4) is 0 Å². The summed E-state index contributed by atoms with van der Waals surface area (Å²) in [6, 6.07) is 22.9. The van der Waals surface area contributed by atoms with Gasteiger partial charge in [0.1, 0.15) is 0 Å². The minimum absolute atomic E-state index is 0.216. The van der Waals surface area contributed by atoms with Gasteiger partial charge < -0.3 is 0 Å². The van der Waals surface area contributed by atoms with Crippen molar-refractivity contribution in [2.45, 2.75) is 38.5 Å². The number of ketones is 4. The molecule has 2 aromatic heterocycles. The van der Waals surface area contributed by atoms with Gasteiger partial charge in [0.2, 0.25) is 0 Å². The van der Waals surface area contributed by atoms with Crippen LogP contribution >= 0.6 is 22.7 Å². The fourth-order valence-electron chi connectivity index (χ4n) is 8.32. The van der Waals surface area contributed by atoms with Crippen molar-refractivity contribution in [3.63, 3.8) is 0 Å². The van der Waals surface area contributed by atoms with Crippen LogP contribution in [0, 0.1) is 0 Å². The van der Waals surface area contributed by atoms with E-state index in [-0.39, 0.29) is 34.3 Å². The number of benzene rings is 4. The molecule has 0 radical (unpaired) electrons. The molecule has 2 heterocycles. The molecule has 10 rings (SSSR count). The van der Waals surface area contributed by atoms with Crippen LogP contribution in [0.5, 0.6) is 0 Å². The van der Waals surface area contributed by atoms with Crippen LogP contribution in [0.4, 0.5) is 0 Å². The Hall–Kier alpha value is -5.30. The molecule has 0 saturated carbocycles. The van der Waals surface area contributed by atoms with Crippen LogP contribution in [0.1, 0.15) is 90.0 Å². The largest absolute Gasteiger partial charge is 0.288 e. The van der Waals surface area contributed by atoms with Gasteiger partial charge in [0.15, 0.2) is 23.1 Å². The molecular formula is C44H28O4S2. The molecule has 0 saturated heterocycles. The lowest BCUT2D eigenvalue weighted by Crippen LogP contribution is -2.17. The monoisotopic (exact) mass is 684 g/mol. The molecular weight excluding hydrogens is 657 g/mol. The molecule has 6 aromatic rings. The lowest BCUT2D eigenvalue weighted by molar-refractivity contribution is 0.0973. The average Bonchev–Trinajstić information content (AvgIpc) is 3.86. The lowest BCUT2D eigenvalue weighted by Gasteiger charge is -2.23. The highest BCUT2D eigenvalue weighted by atomic mass is 32.1. The number of carbonyl (C=O) groups excluding carboxylic acids is 4. The predicted octanol–water partition coefficient (Wildman–Crippen LogP) is 10.6. The van der Waals surface area contributed by atoms with Gasteiger partial charge in [-0.1, -0.05) is 76.2 Å². The van der Waals surface area contributed by atoms with E-state index in [1.807, 2.05) is 84.9 Å². The van der Waals surface area contributed by atoms with E-state index in [2.05, 4.69) is 39.8 Å². The van der Waals surface area contributed by atoms with E-state index >= 15 is 0 Å². The molecule has 4 aromatic carbocycles. The number of fused-ring (bicyclic) bond motifs is 9. The summed E-state index contributed by atoms with van der Waals surface area (Å²) in [6.45, 7) is 8.66. The molecule has 4 aliphatic carbocycles. The molecule has 0 amide bonds. The Morgan fingerprint density at radius 3 is 1.08 bits per heavy atom. The maximum Gasteiger partial charge on any atom is 0.197 e. The summed E-state index contributed by atoms with van der Waals surface area (Å²) in [5, 5.41) is 3.78. The Kier molecular flexibility index (Phi) is 5.73. The highest BCUT2D eigenvalue weighted by Crippen LogP contribution is 2.58. The molecule has 50 heavy (non-hydrogen) atoms. The molecule has 0 fully saturated rings. The van der Waals surface area contributed by atoms with Gasteiger partial charge in [-0.15, -0.1) is 22.7 Å². The topological polar surface area (TPSA) is 68.3 Å². The highest BCUT2D eigenvalue weighted by Gasteiger charge is 2.44. The average molecular weight is 685 g/mol. The number of carbonyl (C=O) groups is 4. The maximum atomic E-state index is 13.6. The van der Waals surface area contributed by atoms with Gasteiger partial charge in [-0.05, 0) is 92.4 Å². The van der Waals surface area contributed by atoms with Crippen molar-refractivity contribution >= 4 is 88.9 Å². The first-order valence-electron chi connectivity index (χ1n) is 16.7. The van der Waals surface area contributed by atoms with E-state index < -0.39 is 10.8 Å². The van der Waals surface area contributed by atoms with Crippen LogP contribution < -0.4 is 0 Å². The second-order valence-electron chi connectivity index (χ2n) is 14.7. The zero-order valence-electron chi connectivity index (χ0n) is 27.7. The standard InChI is InChI=1S/C44H28O4S2/c1-43(2)25(17-31-37(45)27-13-21-9-5-6-10-22(21)14-28(27)38(31)46)19-33-35(43)41-42(49-33)36-34(50-41)20-26(44(36,3)4)18-32-39(47)29-15-23-11-7-8-12-24(23)16-30(29)40(32)48/h5-20H,1-4H3. The Morgan fingerprint density at radius 1 is 0.480 bits per heavy atom. The number of hydrogen-bond acceptors (Lipinski definition) is 6. The number of thiophene rings is 2. The van der Waals surface area contributed by atoms with Crippen LogP contribution in [0.2, 0.25) is 0 Å². The second kappa shape index (κ2) is 9.69. The highest BCUT2D eigenvalue weighted by molar-refractivity contribution is 7.29. The molecule has 4 nitrogen and oxygen atoms in total. The fraction of sp³-hybridized carbons (Fsp3) is 0.136. The zero-order valence-corrected chi connectivity index (χ0v) is 29.3. The van der Waals surface area contributed by atoms with Crippen LogP contribution in [0.15, 0.2) is 107 Å². The van der Waals surface area contributed by atoms with Crippen LogP contribution in [-0.2, 0) is 10.8 Å². The molecule has 0 spiro atoms. The van der Waals surface area contributed by atoms with E-state index in [9.17, 15) is 19.2 Å². The first-order valence-corrected chi connectivity index (χ1v) is 18.3. The minimum Gasteiger partial charge on any atom is -0.288 e. The molecule has 0 atom stereocenters. The number of hydrogen-bond donors (Lipinski definition) is 0. The van der Waals surface area contributed by atoms with Crippen molar-refractivity contribution < 1.29 is 19.2 Å². The van der Waals surface area contributed by atoms with Crippen molar-refractivity contribution in [1.82, 2.24) is 0 Å². The van der Waals surface area contributed by atoms with Crippen molar-refractivity contribution in [2.24, 2.45) is 0 Å². The van der Waals surface area contributed by atoms with Gasteiger partial charge in [-0.3, -0.25) is 19.2 Å². The quantitative estimate of drug-likeness (QED) is 0.134. The van der Waals surface area contributed by atoms with Crippen LogP contribution in [-0.4, -0.2) is 23.1 Å². The SMILES string of the molecule is CC1(C)C(C=C2C(=O)c3cc4ccccc4cc3C2=O)=Cc2sc3c4c(sc3c21)C=C(C=C1C(=O)c2cc3ccccc3cc2C1=O)C4(C)C. The summed E-state index contributed by atoms with van der Waals surface area (Å²) < 4.78 is 2.43. The van der Waals surface area contributed by atoms with E-state index in [1.54, 1.807) is 22.7 Å².